The molecule has 2 N–H and O–H groups in total. The zero-order valence-electron chi connectivity index (χ0n) is 13.2. The van der Waals surface area contributed by atoms with E-state index in [2.05, 4.69) is 15.6 Å². The van der Waals surface area contributed by atoms with Gasteiger partial charge in [-0.15, -0.1) is 0 Å². The average Bonchev–Trinajstić information content (AvgIpc) is 2.63. The van der Waals surface area contributed by atoms with Crippen LogP contribution in [0.1, 0.15) is 0 Å². The van der Waals surface area contributed by atoms with E-state index in [-0.39, 0.29) is 5.57 Å². The van der Waals surface area contributed by atoms with Crippen LogP contribution in [0.5, 0.6) is 11.5 Å². The summed E-state index contributed by atoms with van der Waals surface area (Å²) in [7, 11) is 3.02. The number of carbonyl (C=O) groups excluding carboxylic acids is 1. The zero-order valence-corrected chi connectivity index (χ0v) is 13.2. The fourth-order valence-electron chi connectivity index (χ4n) is 1.86. The molecule has 0 unspecified atom stereocenters. The minimum Gasteiger partial charge on any atom is -0.493 e. The van der Waals surface area contributed by atoms with Gasteiger partial charge in [-0.05, 0) is 24.3 Å². The van der Waals surface area contributed by atoms with Crippen molar-refractivity contribution in [3.63, 3.8) is 0 Å². The molecular formula is C17H16N4O3. The predicted molar refractivity (Wildman–Crippen MR) is 89.7 cm³/mol. The van der Waals surface area contributed by atoms with Gasteiger partial charge in [-0.2, -0.15) is 5.26 Å². The number of methoxy groups -OCH3 is 2. The maximum absolute atomic E-state index is 12.2. The highest BCUT2D eigenvalue weighted by Gasteiger charge is 2.11. The highest BCUT2D eigenvalue weighted by molar-refractivity contribution is 6.06. The van der Waals surface area contributed by atoms with Crippen molar-refractivity contribution in [1.29, 1.82) is 5.26 Å². The van der Waals surface area contributed by atoms with Crippen molar-refractivity contribution >= 4 is 17.4 Å². The van der Waals surface area contributed by atoms with E-state index in [1.807, 2.05) is 6.07 Å². The number of hydrogen-bond acceptors (Lipinski definition) is 6. The smallest absolute Gasteiger partial charge is 0.267 e. The standard InChI is InChI=1S/C17H16N4O3/c1-23-14-7-6-13(9-15(14)24-2)21-17(22)12(10-18)11-20-16-5-3-4-8-19-16/h3-9,11H,1-2H3,(H,19,20)(H,21,22)/b12-11-. The molecule has 1 aromatic carbocycles. The summed E-state index contributed by atoms with van der Waals surface area (Å²) in [4.78, 5) is 16.2. The topological polar surface area (TPSA) is 96.3 Å². The number of nitriles is 1. The first kappa shape index (κ1) is 16.8. The van der Waals surface area contributed by atoms with Gasteiger partial charge in [0.15, 0.2) is 11.5 Å². The molecule has 7 heteroatoms. The van der Waals surface area contributed by atoms with E-state index < -0.39 is 5.91 Å². The van der Waals surface area contributed by atoms with E-state index in [0.717, 1.165) is 0 Å². The molecule has 1 aromatic heterocycles. The first-order valence-electron chi connectivity index (χ1n) is 6.99. The molecule has 0 atom stereocenters. The van der Waals surface area contributed by atoms with Gasteiger partial charge < -0.3 is 20.1 Å². The number of benzene rings is 1. The van der Waals surface area contributed by atoms with E-state index in [1.165, 1.54) is 20.4 Å². The SMILES string of the molecule is COc1ccc(NC(=O)/C(C#N)=C\Nc2ccccn2)cc1OC. The number of amides is 1. The number of pyridine rings is 1. The molecule has 1 amide bonds. The highest BCUT2D eigenvalue weighted by atomic mass is 16.5. The summed E-state index contributed by atoms with van der Waals surface area (Å²) in [6, 6.07) is 12.0. The van der Waals surface area contributed by atoms with Gasteiger partial charge in [-0.25, -0.2) is 4.98 Å². The molecular weight excluding hydrogens is 308 g/mol. The summed E-state index contributed by atoms with van der Waals surface area (Å²) in [5, 5.41) is 14.6. The fourth-order valence-corrected chi connectivity index (χ4v) is 1.86. The monoisotopic (exact) mass is 324 g/mol. The maximum atomic E-state index is 12.2. The molecule has 7 nitrogen and oxygen atoms in total. The lowest BCUT2D eigenvalue weighted by Gasteiger charge is -2.10. The summed E-state index contributed by atoms with van der Waals surface area (Å²) in [5.74, 6) is 1.00. The molecule has 24 heavy (non-hydrogen) atoms. The highest BCUT2D eigenvalue weighted by Crippen LogP contribution is 2.29. The van der Waals surface area contributed by atoms with Gasteiger partial charge in [0.05, 0.1) is 14.2 Å². The molecule has 0 radical (unpaired) electrons. The molecule has 0 saturated heterocycles. The Labute approximate surface area is 139 Å². The summed E-state index contributed by atoms with van der Waals surface area (Å²) in [5.41, 5.74) is 0.395. The van der Waals surface area contributed by atoms with Crippen LogP contribution in [-0.4, -0.2) is 25.1 Å². The number of rotatable bonds is 6. The van der Waals surface area contributed by atoms with E-state index in [1.54, 1.807) is 42.6 Å². The van der Waals surface area contributed by atoms with E-state index in [0.29, 0.717) is 23.0 Å². The van der Waals surface area contributed by atoms with Gasteiger partial charge in [0.1, 0.15) is 17.5 Å². The van der Waals surface area contributed by atoms with Gasteiger partial charge >= 0.3 is 0 Å². The van der Waals surface area contributed by atoms with E-state index in [9.17, 15) is 4.79 Å². The Hall–Kier alpha value is -3.53. The molecule has 0 saturated carbocycles. The third kappa shape index (κ3) is 4.24. The second-order valence-corrected chi connectivity index (χ2v) is 4.55. The maximum Gasteiger partial charge on any atom is 0.267 e. The van der Waals surface area contributed by atoms with Crippen LogP contribution in [0.2, 0.25) is 0 Å². The molecule has 0 aliphatic carbocycles. The Morgan fingerprint density at radius 2 is 2.00 bits per heavy atom. The normalized spacial score (nSPS) is 10.5. The van der Waals surface area contributed by atoms with Gasteiger partial charge in [0.25, 0.3) is 5.91 Å². The lowest BCUT2D eigenvalue weighted by molar-refractivity contribution is -0.112. The zero-order chi connectivity index (χ0) is 17.4. The molecule has 1 heterocycles. The number of carbonyl (C=O) groups is 1. The van der Waals surface area contributed by atoms with Crippen LogP contribution in [0, 0.1) is 11.3 Å². The molecule has 0 aliphatic rings. The van der Waals surface area contributed by atoms with Crippen LogP contribution in [-0.2, 0) is 4.79 Å². The Morgan fingerprint density at radius 1 is 1.21 bits per heavy atom. The van der Waals surface area contributed by atoms with Gasteiger partial charge in [0, 0.05) is 24.2 Å². The second kappa shape index (κ2) is 8.19. The molecule has 2 rings (SSSR count). The summed E-state index contributed by atoms with van der Waals surface area (Å²) >= 11 is 0. The Bertz CT molecular complexity index is 782. The van der Waals surface area contributed by atoms with Crippen LogP contribution in [0.3, 0.4) is 0 Å². The van der Waals surface area contributed by atoms with Gasteiger partial charge in [-0.1, -0.05) is 6.07 Å². The summed E-state index contributed by atoms with van der Waals surface area (Å²) < 4.78 is 10.3. The van der Waals surface area contributed by atoms with E-state index in [4.69, 9.17) is 14.7 Å². The Kier molecular flexibility index (Phi) is 5.75. The lowest BCUT2D eigenvalue weighted by atomic mass is 10.2. The quantitative estimate of drug-likeness (QED) is 0.626. The van der Waals surface area contributed by atoms with Crippen LogP contribution in [0.25, 0.3) is 0 Å². The van der Waals surface area contributed by atoms with Gasteiger partial charge in [-0.3, -0.25) is 4.79 Å². The Morgan fingerprint density at radius 3 is 2.62 bits per heavy atom. The number of nitrogens with one attached hydrogen (secondary N) is 2. The van der Waals surface area contributed by atoms with E-state index >= 15 is 0 Å². The predicted octanol–water partition coefficient (Wildman–Crippen LogP) is 2.56. The van der Waals surface area contributed by atoms with Crippen molar-refractivity contribution in [1.82, 2.24) is 4.98 Å². The molecule has 0 bridgehead atoms. The van der Waals surface area contributed by atoms with Crippen LogP contribution >= 0.6 is 0 Å². The van der Waals surface area contributed by atoms with Crippen LogP contribution in [0.15, 0.2) is 54.4 Å². The fraction of sp³-hybridized carbons (Fsp3) is 0.118. The van der Waals surface area contributed by atoms with Crippen molar-refractivity contribution in [2.45, 2.75) is 0 Å². The van der Waals surface area contributed by atoms with Crippen LogP contribution in [0.4, 0.5) is 11.5 Å². The number of aromatic nitrogens is 1. The first-order valence-corrected chi connectivity index (χ1v) is 6.99. The first-order chi connectivity index (χ1) is 11.7. The van der Waals surface area contributed by atoms with Crippen molar-refractivity contribution in [2.75, 3.05) is 24.9 Å². The largest absolute Gasteiger partial charge is 0.493 e. The van der Waals surface area contributed by atoms with Crippen molar-refractivity contribution in [3.05, 3.63) is 54.4 Å². The third-order valence-corrected chi connectivity index (χ3v) is 3.04. The lowest BCUT2D eigenvalue weighted by Crippen LogP contribution is -2.14. The summed E-state index contributed by atoms with van der Waals surface area (Å²) in [6.45, 7) is 0. The second-order valence-electron chi connectivity index (χ2n) is 4.55. The average molecular weight is 324 g/mol. The molecule has 0 aliphatic heterocycles. The summed E-state index contributed by atoms with van der Waals surface area (Å²) in [6.07, 6.45) is 2.91. The molecule has 0 fully saturated rings. The van der Waals surface area contributed by atoms with Crippen molar-refractivity contribution in [3.8, 4) is 17.6 Å². The molecule has 0 spiro atoms. The Balaban J connectivity index is 2.11. The molecule has 122 valence electrons. The van der Waals surface area contributed by atoms with Crippen LogP contribution < -0.4 is 20.1 Å². The number of anilines is 2. The van der Waals surface area contributed by atoms with Crippen molar-refractivity contribution < 1.29 is 14.3 Å². The van der Waals surface area contributed by atoms with Gasteiger partial charge in [0.2, 0.25) is 0 Å². The minimum absolute atomic E-state index is 0.0876. The third-order valence-electron chi connectivity index (χ3n) is 3.04. The minimum atomic E-state index is -0.548. The number of hydrogen-bond donors (Lipinski definition) is 2. The number of nitrogens with zero attached hydrogens (tertiary/aromatic N) is 2. The van der Waals surface area contributed by atoms with Crippen molar-refractivity contribution in [2.24, 2.45) is 0 Å². The number of ether oxygens (including phenoxy) is 2. The molecule has 2 aromatic rings.